The van der Waals surface area contributed by atoms with Crippen molar-refractivity contribution in [3.05, 3.63) is 11.9 Å². The van der Waals surface area contributed by atoms with Crippen LogP contribution in [0, 0.1) is 0 Å². The van der Waals surface area contributed by atoms with E-state index in [1.54, 1.807) is 0 Å². The molecule has 1 aliphatic carbocycles. The Morgan fingerprint density at radius 3 is 2.16 bits per heavy atom. The van der Waals surface area contributed by atoms with Crippen molar-refractivity contribution >= 4 is 11.6 Å². The van der Waals surface area contributed by atoms with Crippen molar-refractivity contribution in [2.24, 2.45) is 0 Å². The summed E-state index contributed by atoms with van der Waals surface area (Å²) in [5, 5.41) is 6.79. The zero-order valence-electron chi connectivity index (χ0n) is 12.6. The Kier molecular flexibility index (Phi) is 4.27. The molecule has 0 aliphatic heterocycles. The molecule has 1 aliphatic rings. The minimum absolute atomic E-state index is 0.153. The molecule has 4 heteroatoms. The highest BCUT2D eigenvalue weighted by Crippen LogP contribution is 2.39. The van der Waals surface area contributed by atoms with Crippen molar-refractivity contribution < 1.29 is 0 Å². The lowest BCUT2D eigenvalue weighted by atomic mass is 9.90. The number of anilines is 2. The van der Waals surface area contributed by atoms with E-state index in [1.807, 2.05) is 13.1 Å². The lowest BCUT2D eigenvalue weighted by Gasteiger charge is -2.32. The average molecular weight is 262 g/mol. The molecule has 0 amide bonds. The highest BCUT2D eigenvalue weighted by molar-refractivity contribution is 5.49. The average Bonchev–Trinajstić information content (AvgIpc) is 3.29. The van der Waals surface area contributed by atoms with Gasteiger partial charge in [-0.1, -0.05) is 20.8 Å². The fraction of sp³-hybridized carbons (Fsp3) is 0.733. The van der Waals surface area contributed by atoms with Crippen molar-refractivity contribution in [3.8, 4) is 0 Å². The Labute approximate surface area is 116 Å². The van der Waals surface area contributed by atoms with Gasteiger partial charge in [0.15, 0.2) is 0 Å². The fourth-order valence-electron chi connectivity index (χ4n) is 2.47. The number of hydrogen-bond donors (Lipinski definition) is 2. The molecule has 19 heavy (non-hydrogen) atoms. The van der Waals surface area contributed by atoms with Gasteiger partial charge in [-0.3, -0.25) is 0 Å². The zero-order valence-corrected chi connectivity index (χ0v) is 12.6. The van der Waals surface area contributed by atoms with Gasteiger partial charge < -0.3 is 10.6 Å². The van der Waals surface area contributed by atoms with Crippen LogP contribution in [0.4, 0.5) is 11.6 Å². The molecular formula is C15H26N4. The number of nitrogens with one attached hydrogen (secondary N) is 2. The second-order valence-electron chi connectivity index (χ2n) is 5.49. The maximum atomic E-state index is 4.71. The van der Waals surface area contributed by atoms with Crippen molar-refractivity contribution in [1.29, 1.82) is 0 Å². The first-order chi connectivity index (χ1) is 9.16. The van der Waals surface area contributed by atoms with Crippen molar-refractivity contribution in [1.82, 2.24) is 9.97 Å². The summed E-state index contributed by atoms with van der Waals surface area (Å²) < 4.78 is 0. The van der Waals surface area contributed by atoms with Gasteiger partial charge in [-0.15, -0.1) is 0 Å². The summed E-state index contributed by atoms with van der Waals surface area (Å²) >= 11 is 0. The third-order valence-corrected chi connectivity index (χ3v) is 4.37. The summed E-state index contributed by atoms with van der Waals surface area (Å²) in [6.45, 7) is 6.71. The molecule has 0 saturated heterocycles. The first kappa shape index (κ1) is 14.1. The minimum Gasteiger partial charge on any atom is -0.373 e. The van der Waals surface area contributed by atoms with E-state index in [2.05, 4.69) is 36.4 Å². The van der Waals surface area contributed by atoms with Gasteiger partial charge >= 0.3 is 0 Å². The smallest absolute Gasteiger partial charge is 0.136 e. The van der Waals surface area contributed by atoms with Crippen LogP contribution in [0.3, 0.4) is 0 Å². The Balaban J connectivity index is 2.25. The molecule has 0 aromatic carbocycles. The van der Waals surface area contributed by atoms with Crippen molar-refractivity contribution in [2.75, 3.05) is 17.7 Å². The number of nitrogens with zero attached hydrogens (tertiary/aromatic N) is 2. The predicted octanol–water partition coefficient (Wildman–Crippen LogP) is 3.78. The van der Waals surface area contributed by atoms with Gasteiger partial charge in [0.25, 0.3) is 0 Å². The molecule has 1 saturated carbocycles. The predicted molar refractivity (Wildman–Crippen MR) is 80.8 cm³/mol. The molecule has 0 atom stereocenters. The molecule has 4 nitrogen and oxygen atoms in total. The topological polar surface area (TPSA) is 49.8 Å². The largest absolute Gasteiger partial charge is 0.373 e. The van der Waals surface area contributed by atoms with Crippen LogP contribution < -0.4 is 10.6 Å². The van der Waals surface area contributed by atoms with Gasteiger partial charge in [0.05, 0.1) is 0 Å². The van der Waals surface area contributed by atoms with Gasteiger partial charge in [-0.25, -0.2) is 9.97 Å². The van der Waals surface area contributed by atoms with Gasteiger partial charge in [-0.2, -0.15) is 0 Å². The maximum Gasteiger partial charge on any atom is 0.136 e. The Bertz CT molecular complexity index is 414. The SMILES string of the molecule is CCC(CC)(CC)Nc1cc(NC)nc(C2CC2)n1. The Morgan fingerprint density at radius 1 is 1.11 bits per heavy atom. The summed E-state index contributed by atoms with van der Waals surface area (Å²) in [4.78, 5) is 9.27. The van der Waals surface area contributed by atoms with Crippen LogP contribution in [0.15, 0.2) is 6.07 Å². The van der Waals surface area contributed by atoms with Crippen molar-refractivity contribution in [3.63, 3.8) is 0 Å². The van der Waals surface area contributed by atoms with E-state index in [-0.39, 0.29) is 5.54 Å². The molecule has 2 rings (SSSR count). The van der Waals surface area contributed by atoms with Crippen molar-refractivity contribution in [2.45, 2.75) is 64.3 Å². The molecule has 1 fully saturated rings. The first-order valence-corrected chi connectivity index (χ1v) is 7.51. The Hall–Kier alpha value is -1.32. The first-order valence-electron chi connectivity index (χ1n) is 7.51. The summed E-state index contributed by atoms with van der Waals surface area (Å²) in [6, 6.07) is 2.02. The standard InChI is InChI=1S/C15H26N4/c1-5-15(6-2,7-3)19-13-10-12(16-4)17-14(18-13)11-8-9-11/h10-11H,5-9H2,1-4H3,(H2,16,17,18,19). The monoisotopic (exact) mass is 262 g/mol. The zero-order chi connectivity index (χ0) is 13.9. The van der Waals surface area contributed by atoms with E-state index >= 15 is 0 Å². The summed E-state index contributed by atoms with van der Waals surface area (Å²) in [6.07, 6.45) is 5.78. The highest BCUT2D eigenvalue weighted by Gasteiger charge is 2.29. The lowest BCUT2D eigenvalue weighted by Crippen LogP contribution is -2.36. The van der Waals surface area contributed by atoms with Crippen LogP contribution in [0.5, 0.6) is 0 Å². The summed E-state index contributed by atoms with van der Waals surface area (Å²) in [7, 11) is 1.91. The fourth-order valence-corrected chi connectivity index (χ4v) is 2.47. The summed E-state index contributed by atoms with van der Waals surface area (Å²) in [5.74, 6) is 3.45. The van der Waals surface area contributed by atoms with Gasteiger partial charge in [0.1, 0.15) is 17.5 Å². The molecule has 0 bridgehead atoms. The maximum absolute atomic E-state index is 4.71. The normalized spacial score (nSPS) is 15.4. The molecule has 1 aromatic heterocycles. The third-order valence-electron chi connectivity index (χ3n) is 4.37. The minimum atomic E-state index is 0.153. The lowest BCUT2D eigenvalue weighted by molar-refractivity contribution is 0.419. The number of aromatic nitrogens is 2. The van der Waals surface area contributed by atoms with Crippen LogP contribution in [0.1, 0.15) is 64.6 Å². The molecule has 0 radical (unpaired) electrons. The van der Waals surface area contributed by atoms with E-state index < -0.39 is 0 Å². The van der Waals surface area contributed by atoms with Crippen LogP contribution in [-0.4, -0.2) is 22.6 Å². The van der Waals surface area contributed by atoms with E-state index in [1.165, 1.54) is 12.8 Å². The molecule has 2 N–H and O–H groups in total. The van der Waals surface area contributed by atoms with E-state index in [9.17, 15) is 0 Å². The van der Waals surface area contributed by atoms with Crippen LogP contribution in [0.25, 0.3) is 0 Å². The quantitative estimate of drug-likeness (QED) is 0.785. The summed E-state index contributed by atoms with van der Waals surface area (Å²) in [5.41, 5.74) is 0.153. The molecule has 0 spiro atoms. The second-order valence-corrected chi connectivity index (χ2v) is 5.49. The van der Waals surface area contributed by atoms with Crippen LogP contribution in [-0.2, 0) is 0 Å². The molecule has 0 unspecified atom stereocenters. The Morgan fingerprint density at radius 2 is 1.68 bits per heavy atom. The van der Waals surface area contributed by atoms with Crippen LogP contribution >= 0.6 is 0 Å². The third kappa shape index (κ3) is 3.17. The highest BCUT2D eigenvalue weighted by atomic mass is 15.1. The molecule has 106 valence electrons. The van der Waals surface area contributed by atoms with E-state index in [4.69, 9.17) is 4.98 Å². The van der Waals surface area contributed by atoms with E-state index in [0.29, 0.717) is 5.92 Å². The van der Waals surface area contributed by atoms with Gasteiger partial charge in [0.2, 0.25) is 0 Å². The number of hydrogen-bond acceptors (Lipinski definition) is 4. The van der Waals surface area contributed by atoms with E-state index in [0.717, 1.165) is 36.7 Å². The molecule has 1 aromatic rings. The van der Waals surface area contributed by atoms with Gasteiger partial charge in [0, 0.05) is 24.6 Å². The molecule has 1 heterocycles. The second kappa shape index (κ2) is 5.76. The molecular weight excluding hydrogens is 236 g/mol. The van der Waals surface area contributed by atoms with Gasteiger partial charge in [-0.05, 0) is 32.1 Å². The number of rotatable bonds is 7. The van der Waals surface area contributed by atoms with Crippen LogP contribution in [0.2, 0.25) is 0 Å².